The summed E-state index contributed by atoms with van der Waals surface area (Å²) in [5, 5.41) is 9.78. The fraction of sp³-hybridized carbons (Fsp3) is 0.467. The number of benzene rings is 1. The molecule has 8 heteroatoms. The molecule has 0 N–H and O–H groups in total. The first kappa shape index (κ1) is 16.5. The van der Waals surface area contributed by atoms with Gasteiger partial charge in [0.1, 0.15) is 5.82 Å². The van der Waals surface area contributed by atoms with Gasteiger partial charge in [-0.1, -0.05) is 29.4 Å². The van der Waals surface area contributed by atoms with E-state index in [0.29, 0.717) is 29.6 Å². The third kappa shape index (κ3) is 3.62. The van der Waals surface area contributed by atoms with E-state index >= 15 is 0 Å². The third-order valence-corrected chi connectivity index (χ3v) is 5.06. The number of rotatable bonds is 5. The predicted octanol–water partition coefficient (Wildman–Crippen LogP) is 3.22. The second-order valence-electron chi connectivity index (χ2n) is 5.12. The molecule has 0 unspecified atom stereocenters. The Kier molecular flexibility index (Phi) is 5.40. The summed E-state index contributed by atoms with van der Waals surface area (Å²) in [6, 6.07) is 4.73. The lowest BCUT2D eigenvalue weighted by molar-refractivity contribution is 0.121. The highest BCUT2D eigenvalue weighted by Gasteiger charge is 2.20. The normalized spacial score (nSPS) is 15.2. The molecule has 0 aliphatic carbocycles. The standard InChI is InChI=1S/C15H18ClFN4OS/c1-2-21-14(20-6-8-22-9-7-20)18-19-15(21)23-10-11-12(16)4-3-5-13(11)17/h3-5H,2,6-10H2,1H3. The van der Waals surface area contributed by atoms with E-state index in [0.717, 1.165) is 30.7 Å². The van der Waals surface area contributed by atoms with Crippen molar-refractivity contribution >= 4 is 29.3 Å². The minimum atomic E-state index is -0.291. The molecule has 0 spiro atoms. The minimum absolute atomic E-state index is 0.291. The van der Waals surface area contributed by atoms with Crippen molar-refractivity contribution < 1.29 is 9.13 Å². The maximum absolute atomic E-state index is 13.9. The van der Waals surface area contributed by atoms with Gasteiger partial charge >= 0.3 is 0 Å². The largest absolute Gasteiger partial charge is 0.378 e. The van der Waals surface area contributed by atoms with Crippen LogP contribution in [0, 0.1) is 5.82 Å². The van der Waals surface area contributed by atoms with Crippen LogP contribution in [0.15, 0.2) is 23.4 Å². The lowest BCUT2D eigenvalue weighted by atomic mass is 10.2. The number of hydrogen-bond acceptors (Lipinski definition) is 5. The average Bonchev–Trinajstić information content (AvgIpc) is 2.98. The Labute approximate surface area is 143 Å². The predicted molar refractivity (Wildman–Crippen MR) is 89.7 cm³/mol. The fourth-order valence-corrected chi connectivity index (χ4v) is 3.81. The van der Waals surface area contributed by atoms with Crippen LogP contribution in [-0.2, 0) is 17.0 Å². The van der Waals surface area contributed by atoms with Gasteiger partial charge < -0.3 is 9.64 Å². The molecule has 2 aromatic rings. The number of thioether (sulfide) groups is 1. The second-order valence-corrected chi connectivity index (χ2v) is 6.46. The van der Waals surface area contributed by atoms with E-state index in [9.17, 15) is 4.39 Å². The number of morpholine rings is 1. The summed E-state index contributed by atoms with van der Waals surface area (Å²) in [5.41, 5.74) is 0.498. The summed E-state index contributed by atoms with van der Waals surface area (Å²) in [4.78, 5) is 2.17. The van der Waals surface area contributed by atoms with Crippen LogP contribution in [0.4, 0.5) is 10.3 Å². The van der Waals surface area contributed by atoms with Gasteiger partial charge in [0, 0.05) is 36.0 Å². The first-order valence-electron chi connectivity index (χ1n) is 7.52. The van der Waals surface area contributed by atoms with Crippen LogP contribution in [0.3, 0.4) is 0 Å². The van der Waals surface area contributed by atoms with Crippen LogP contribution in [0.2, 0.25) is 5.02 Å². The lowest BCUT2D eigenvalue weighted by Gasteiger charge is -2.27. The van der Waals surface area contributed by atoms with Gasteiger partial charge in [0.15, 0.2) is 5.16 Å². The average molecular weight is 357 g/mol. The van der Waals surface area contributed by atoms with E-state index < -0.39 is 0 Å². The van der Waals surface area contributed by atoms with Crippen molar-refractivity contribution in [2.75, 3.05) is 31.2 Å². The molecule has 0 atom stereocenters. The van der Waals surface area contributed by atoms with Crippen LogP contribution in [-0.4, -0.2) is 41.1 Å². The highest BCUT2D eigenvalue weighted by Crippen LogP contribution is 2.29. The Morgan fingerprint density at radius 2 is 2.09 bits per heavy atom. The van der Waals surface area contributed by atoms with E-state index in [1.807, 2.05) is 11.5 Å². The summed E-state index contributed by atoms with van der Waals surface area (Å²) >= 11 is 7.52. The van der Waals surface area contributed by atoms with Gasteiger partial charge in [-0.2, -0.15) is 0 Å². The smallest absolute Gasteiger partial charge is 0.228 e. The zero-order chi connectivity index (χ0) is 16.2. The van der Waals surface area contributed by atoms with Gasteiger partial charge in [0.2, 0.25) is 5.95 Å². The van der Waals surface area contributed by atoms with Crippen molar-refractivity contribution in [3.63, 3.8) is 0 Å². The number of halogens is 2. The first-order chi connectivity index (χ1) is 11.2. The van der Waals surface area contributed by atoms with Crippen LogP contribution in [0.25, 0.3) is 0 Å². The Morgan fingerprint density at radius 1 is 1.30 bits per heavy atom. The van der Waals surface area contributed by atoms with Crippen LogP contribution < -0.4 is 4.90 Å². The van der Waals surface area contributed by atoms with Crippen molar-refractivity contribution in [1.82, 2.24) is 14.8 Å². The molecule has 1 fully saturated rings. The van der Waals surface area contributed by atoms with E-state index in [-0.39, 0.29) is 5.82 Å². The Bertz CT molecular complexity index is 655. The molecule has 124 valence electrons. The van der Waals surface area contributed by atoms with Crippen molar-refractivity contribution in [3.8, 4) is 0 Å². The van der Waals surface area contributed by atoms with Gasteiger partial charge in [-0.3, -0.25) is 4.57 Å². The quantitative estimate of drug-likeness (QED) is 0.769. The zero-order valence-electron chi connectivity index (χ0n) is 12.8. The molecule has 2 heterocycles. The number of ether oxygens (including phenoxy) is 1. The molecule has 23 heavy (non-hydrogen) atoms. The fourth-order valence-electron chi connectivity index (χ4n) is 2.47. The van der Waals surface area contributed by atoms with Gasteiger partial charge in [0.25, 0.3) is 0 Å². The first-order valence-corrected chi connectivity index (χ1v) is 8.88. The summed E-state index contributed by atoms with van der Waals surface area (Å²) in [5.74, 6) is 0.978. The molecule has 1 aliphatic heterocycles. The van der Waals surface area contributed by atoms with Crippen molar-refractivity contribution in [1.29, 1.82) is 0 Å². The summed E-state index contributed by atoms with van der Waals surface area (Å²) < 4.78 is 21.3. The van der Waals surface area contributed by atoms with Crippen LogP contribution >= 0.6 is 23.4 Å². The van der Waals surface area contributed by atoms with Crippen LogP contribution in [0.5, 0.6) is 0 Å². The summed E-state index contributed by atoms with van der Waals surface area (Å²) in [6.07, 6.45) is 0. The van der Waals surface area contributed by atoms with E-state index in [1.165, 1.54) is 17.8 Å². The second kappa shape index (κ2) is 7.51. The van der Waals surface area contributed by atoms with E-state index in [2.05, 4.69) is 15.1 Å². The van der Waals surface area contributed by atoms with Crippen molar-refractivity contribution in [2.24, 2.45) is 0 Å². The number of hydrogen-bond donors (Lipinski definition) is 0. The third-order valence-electron chi connectivity index (χ3n) is 3.71. The maximum Gasteiger partial charge on any atom is 0.228 e. The molecule has 0 saturated carbocycles. The highest BCUT2D eigenvalue weighted by molar-refractivity contribution is 7.98. The molecule has 1 saturated heterocycles. The summed E-state index contributed by atoms with van der Waals surface area (Å²) in [6.45, 7) is 5.82. The summed E-state index contributed by atoms with van der Waals surface area (Å²) in [7, 11) is 0. The van der Waals surface area contributed by atoms with Gasteiger partial charge in [-0.25, -0.2) is 4.39 Å². The maximum atomic E-state index is 13.9. The number of anilines is 1. The SMILES string of the molecule is CCn1c(SCc2c(F)cccc2Cl)nnc1N1CCOCC1. The van der Waals surface area contributed by atoms with Crippen LogP contribution in [0.1, 0.15) is 12.5 Å². The molecule has 3 rings (SSSR count). The lowest BCUT2D eigenvalue weighted by Crippen LogP contribution is -2.38. The number of aromatic nitrogens is 3. The molecular weight excluding hydrogens is 339 g/mol. The topological polar surface area (TPSA) is 43.2 Å². The molecule has 0 amide bonds. The Hall–Kier alpha value is -1.31. The molecule has 1 aromatic heterocycles. The minimum Gasteiger partial charge on any atom is -0.378 e. The zero-order valence-corrected chi connectivity index (χ0v) is 14.4. The highest BCUT2D eigenvalue weighted by atomic mass is 35.5. The van der Waals surface area contributed by atoms with Gasteiger partial charge in [-0.05, 0) is 19.1 Å². The number of nitrogens with zero attached hydrogens (tertiary/aromatic N) is 4. The Morgan fingerprint density at radius 3 is 2.78 bits per heavy atom. The monoisotopic (exact) mass is 356 g/mol. The van der Waals surface area contributed by atoms with Crippen molar-refractivity contribution in [2.45, 2.75) is 24.4 Å². The molecule has 1 aliphatic rings. The van der Waals surface area contributed by atoms with E-state index in [1.54, 1.807) is 12.1 Å². The van der Waals surface area contributed by atoms with Gasteiger partial charge in [-0.15, -0.1) is 10.2 Å². The van der Waals surface area contributed by atoms with Gasteiger partial charge in [0.05, 0.1) is 13.2 Å². The Balaban J connectivity index is 1.77. The molecule has 0 bridgehead atoms. The molecule has 0 radical (unpaired) electrons. The molecule has 1 aromatic carbocycles. The molecular formula is C15H18ClFN4OS. The van der Waals surface area contributed by atoms with E-state index in [4.69, 9.17) is 16.3 Å². The van der Waals surface area contributed by atoms with Crippen molar-refractivity contribution in [3.05, 3.63) is 34.6 Å². The molecule has 5 nitrogen and oxygen atoms in total.